The van der Waals surface area contributed by atoms with E-state index in [-0.39, 0.29) is 5.78 Å². The van der Waals surface area contributed by atoms with Crippen molar-refractivity contribution in [3.05, 3.63) is 66.4 Å². The molecule has 0 N–H and O–H groups in total. The lowest BCUT2D eigenvalue weighted by atomic mass is 10.0. The Morgan fingerprint density at radius 1 is 0.944 bits per heavy atom. The fraction of sp³-hybridized carbons (Fsp3) is 0. The summed E-state index contributed by atoms with van der Waals surface area (Å²) in [6.45, 7) is 0. The van der Waals surface area contributed by atoms with Gasteiger partial charge < -0.3 is 0 Å². The zero-order chi connectivity index (χ0) is 12.4. The van der Waals surface area contributed by atoms with Crippen molar-refractivity contribution in [3.63, 3.8) is 0 Å². The number of carbonyl (C=O) groups is 1. The molecular weight excluding hydrogens is 226 g/mol. The standard InChI is InChI=1S/C14H9N3O/c18-14(12-6-8-15-9-17-12)11-5-1-3-10-4-2-7-16-13(10)11/h1-9H. The second-order valence-corrected chi connectivity index (χ2v) is 3.80. The lowest BCUT2D eigenvalue weighted by molar-refractivity contribution is 0.103. The quantitative estimate of drug-likeness (QED) is 0.639. The smallest absolute Gasteiger partial charge is 0.213 e. The van der Waals surface area contributed by atoms with Gasteiger partial charge in [-0.15, -0.1) is 0 Å². The molecule has 2 heterocycles. The van der Waals surface area contributed by atoms with Crippen LogP contribution in [0.5, 0.6) is 0 Å². The third-order valence-corrected chi connectivity index (χ3v) is 2.69. The fourth-order valence-corrected chi connectivity index (χ4v) is 1.85. The minimum Gasteiger partial charge on any atom is -0.287 e. The predicted molar refractivity (Wildman–Crippen MR) is 67.2 cm³/mol. The number of nitrogens with zero attached hydrogens (tertiary/aromatic N) is 3. The summed E-state index contributed by atoms with van der Waals surface area (Å²) in [6, 6.07) is 10.9. The highest BCUT2D eigenvalue weighted by molar-refractivity contribution is 6.14. The summed E-state index contributed by atoms with van der Waals surface area (Å²) in [5.74, 6) is -0.137. The zero-order valence-electron chi connectivity index (χ0n) is 9.45. The highest BCUT2D eigenvalue weighted by Gasteiger charge is 2.13. The minimum atomic E-state index is -0.137. The van der Waals surface area contributed by atoms with Crippen LogP contribution < -0.4 is 0 Å². The van der Waals surface area contributed by atoms with E-state index in [0.29, 0.717) is 16.8 Å². The second kappa shape index (κ2) is 4.33. The van der Waals surface area contributed by atoms with Crippen LogP contribution in [0.25, 0.3) is 10.9 Å². The van der Waals surface area contributed by atoms with E-state index < -0.39 is 0 Å². The molecular formula is C14H9N3O. The van der Waals surface area contributed by atoms with Crippen LogP contribution in [0.15, 0.2) is 55.1 Å². The molecule has 1 aromatic carbocycles. The van der Waals surface area contributed by atoms with Gasteiger partial charge in [-0.2, -0.15) is 0 Å². The summed E-state index contributed by atoms with van der Waals surface area (Å²) in [5.41, 5.74) is 1.64. The molecule has 0 saturated carbocycles. The molecule has 0 radical (unpaired) electrons. The van der Waals surface area contributed by atoms with Crippen molar-refractivity contribution in [2.24, 2.45) is 0 Å². The molecule has 4 heteroatoms. The number of hydrogen-bond donors (Lipinski definition) is 0. The van der Waals surface area contributed by atoms with Crippen molar-refractivity contribution in [3.8, 4) is 0 Å². The van der Waals surface area contributed by atoms with Crippen molar-refractivity contribution >= 4 is 16.7 Å². The highest BCUT2D eigenvalue weighted by Crippen LogP contribution is 2.18. The van der Waals surface area contributed by atoms with Crippen molar-refractivity contribution in [2.75, 3.05) is 0 Å². The van der Waals surface area contributed by atoms with Crippen LogP contribution in [0.1, 0.15) is 16.1 Å². The third-order valence-electron chi connectivity index (χ3n) is 2.69. The van der Waals surface area contributed by atoms with Crippen LogP contribution >= 0.6 is 0 Å². The van der Waals surface area contributed by atoms with Crippen LogP contribution in [0.2, 0.25) is 0 Å². The van der Waals surface area contributed by atoms with Gasteiger partial charge in [0.1, 0.15) is 12.0 Å². The highest BCUT2D eigenvalue weighted by atomic mass is 16.1. The average molecular weight is 235 g/mol. The fourth-order valence-electron chi connectivity index (χ4n) is 1.85. The van der Waals surface area contributed by atoms with Gasteiger partial charge in [-0.25, -0.2) is 9.97 Å². The molecule has 2 aromatic heterocycles. The number of carbonyl (C=O) groups excluding carboxylic acids is 1. The predicted octanol–water partition coefficient (Wildman–Crippen LogP) is 2.26. The zero-order valence-corrected chi connectivity index (χ0v) is 9.45. The number of fused-ring (bicyclic) bond motifs is 1. The van der Waals surface area contributed by atoms with Gasteiger partial charge in [0.05, 0.1) is 11.1 Å². The summed E-state index contributed by atoms with van der Waals surface area (Å²) in [7, 11) is 0. The van der Waals surface area contributed by atoms with Crippen molar-refractivity contribution < 1.29 is 4.79 Å². The monoisotopic (exact) mass is 235 g/mol. The number of hydrogen-bond acceptors (Lipinski definition) is 4. The molecule has 0 aliphatic heterocycles. The molecule has 0 fully saturated rings. The summed E-state index contributed by atoms with van der Waals surface area (Å²) in [5, 5.41) is 0.942. The van der Waals surface area contributed by atoms with Gasteiger partial charge in [0.15, 0.2) is 0 Å². The minimum absolute atomic E-state index is 0.137. The van der Waals surface area contributed by atoms with E-state index in [1.54, 1.807) is 24.5 Å². The summed E-state index contributed by atoms with van der Waals surface area (Å²) < 4.78 is 0. The summed E-state index contributed by atoms with van der Waals surface area (Å²) in [4.78, 5) is 24.4. The molecule has 4 nitrogen and oxygen atoms in total. The Balaban J connectivity index is 2.18. The molecule has 0 atom stereocenters. The lowest BCUT2D eigenvalue weighted by Gasteiger charge is -2.03. The Hall–Kier alpha value is -2.62. The van der Waals surface area contributed by atoms with E-state index in [0.717, 1.165) is 5.39 Å². The number of rotatable bonds is 2. The van der Waals surface area contributed by atoms with Crippen LogP contribution in [-0.4, -0.2) is 20.7 Å². The van der Waals surface area contributed by atoms with Gasteiger partial charge >= 0.3 is 0 Å². The number of benzene rings is 1. The van der Waals surface area contributed by atoms with Crippen molar-refractivity contribution in [2.45, 2.75) is 0 Å². The Labute approximate surface area is 103 Å². The van der Waals surface area contributed by atoms with E-state index in [9.17, 15) is 4.79 Å². The molecule has 0 bridgehead atoms. The first-order chi connectivity index (χ1) is 8.86. The van der Waals surface area contributed by atoms with E-state index in [2.05, 4.69) is 15.0 Å². The maximum Gasteiger partial charge on any atom is 0.213 e. The maximum atomic E-state index is 12.3. The molecule has 0 unspecified atom stereocenters. The number of aromatic nitrogens is 3. The number of ketones is 1. The molecule has 0 saturated heterocycles. The summed E-state index contributed by atoms with van der Waals surface area (Å²) >= 11 is 0. The maximum absolute atomic E-state index is 12.3. The van der Waals surface area contributed by atoms with Crippen LogP contribution in [-0.2, 0) is 0 Å². The largest absolute Gasteiger partial charge is 0.287 e. The SMILES string of the molecule is O=C(c1ccncn1)c1cccc2cccnc12. The molecule has 18 heavy (non-hydrogen) atoms. The van der Waals surface area contributed by atoms with E-state index >= 15 is 0 Å². The number of pyridine rings is 1. The van der Waals surface area contributed by atoms with Crippen LogP contribution in [0, 0.1) is 0 Å². The van der Waals surface area contributed by atoms with Crippen LogP contribution in [0.3, 0.4) is 0 Å². The Morgan fingerprint density at radius 3 is 2.67 bits per heavy atom. The van der Waals surface area contributed by atoms with E-state index in [1.807, 2.05) is 24.3 Å². The molecule has 0 aliphatic rings. The molecule has 0 amide bonds. The van der Waals surface area contributed by atoms with Gasteiger partial charge in [0.2, 0.25) is 5.78 Å². The molecule has 0 spiro atoms. The molecule has 0 aliphatic carbocycles. The second-order valence-electron chi connectivity index (χ2n) is 3.80. The van der Waals surface area contributed by atoms with Gasteiger partial charge in [-0.1, -0.05) is 18.2 Å². The van der Waals surface area contributed by atoms with Gasteiger partial charge in [0.25, 0.3) is 0 Å². The van der Waals surface area contributed by atoms with Gasteiger partial charge in [-0.05, 0) is 18.2 Å². The number of para-hydroxylation sites is 1. The average Bonchev–Trinajstić information content (AvgIpc) is 2.47. The van der Waals surface area contributed by atoms with E-state index in [4.69, 9.17) is 0 Å². The normalized spacial score (nSPS) is 10.4. The van der Waals surface area contributed by atoms with Crippen LogP contribution in [0.4, 0.5) is 0 Å². The third kappa shape index (κ3) is 1.73. The van der Waals surface area contributed by atoms with Crippen molar-refractivity contribution in [1.82, 2.24) is 15.0 Å². The molecule has 3 aromatic rings. The van der Waals surface area contributed by atoms with Gasteiger partial charge in [-0.3, -0.25) is 9.78 Å². The van der Waals surface area contributed by atoms with Crippen molar-refractivity contribution in [1.29, 1.82) is 0 Å². The first-order valence-corrected chi connectivity index (χ1v) is 5.51. The molecule has 3 rings (SSSR count). The first kappa shape index (κ1) is 10.5. The Morgan fingerprint density at radius 2 is 1.83 bits per heavy atom. The lowest BCUT2D eigenvalue weighted by Crippen LogP contribution is -2.05. The van der Waals surface area contributed by atoms with E-state index in [1.165, 1.54) is 6.33 Å². The summed E-state index contributed by atoms with van der Waals surface area (Å²) in [6.07, 6.45) is 4.60. The Kier molecular flexibility index (Phi) is 2.53. The topological polar surface area (TPSA) is 55.7 Å². The molecule has 86 valence electrons. The van der Waals surface area contributed by atoms with Gasteiger partial charge in [0, 0.05) is 17.8 Å². The Bertz CT molecular complexity index is 705. The first-order valence-electron chi connectivity index (χ1n) is 5.51.